The van der Waals surface area contributed by atoms with Crippen LogP contribution in [0.2, 0.25) is 0 Å². The van der Waals surface area contributed by atoms with Crippen LogP contribution in [0, 0.1) is 0 Å². The second-order valence-corrected chi connectivity index (χ2v) is 16.2. The molecule has 0 aliphatic rings. The summed E-state index contributed by atoms with van der Waals surface area (Å²) in [4.78, 5) is 10.8. The second-order valence-electron chi connectivity index (χ2n) is 16.2. The molecule has 0 radical (unpaired) electrons. The van der Waals surface area contributed by atoms with Gasteiger partial charge in [0.1, 0.15) is 0 Å². The van der Waals surface area contributed by atoms with Crippen LogP contribution in [-0.4, -0.2) is 19.1 Å². The summed E-state index contributed by atoms with van der Waals surface area (Å²) >= 11 is 0. The van der Waals surface area contributed by atoms with Crippen molar-refractivity contribution in [1.29, 1.82) is 0 Å². The van der Waals surface area contributed by atoms with E-state index in [1.807, 2.05) is 0 Å². The number of para-hydroxylation sites is 4. The van der Waals surface area contributed by atoms with Crippen LogP contribution >= 0.6 is 0 Å². The van der Waals surface area contributed by atoms with E-state index in [2.05, 4.69) is 228 Å². The van der Waals surface area contributed by atoms with Gasteiger partial charge in [0.05, 0.1) is 33.3 Å². The van der Waals surface area contributed by atoms with Gasteiger partial charge in [-0.25, -0.2) is 9.97 Å². The first-order valence-electron chi connectivity index (χ1n) is 21.2. The van der Waals surface area contributed by atoms with Gasteiger partial charge < -0.3 is 4.57 Å². The molecule has 13 aromatic rings. The summed E-state index contributed by atoms with van der Waals surface area (Å²) in [7, 11) is 0. The summed E-state index contributed by atoms with van der Waals surface area (Å²) in [6.45, 7) is 0. The molecular formula is C58H36N4. The lowest BCUT2D eigenvalue weighted by Crippen LogP contribution is -2.03. The Morgan fingerprint density at radius 1 is 0.306 bits per heavy atom. The lowest BCUT2D eigenvalue weighted by molar-refractivity contribution is 1.01. The smallest absolute Gasteiger partial charge is 0.235 e. The number of benzene rings is 10. The van der Waals surface area contributed by atoms with E-state index in [9.17, 15) is 0 Å². The van der Waals surface area contributed by atoms with Gasteiger partial charge in [0, 0.05) is 38.2 Å². The van der Waals surface area contributed by atoms with Gasteiger partial charge in [0.25, 0.3) is 0 Å². The molecule has 3 heterocycles. The molecule has 0 unspecified atom stereocenters. The van der Waals surface area contributed by atoms with Crippen molar-refractivity contribution < 1.29 is 0 Å². The van der Waals surface area contributed by atoms with Crippen LogP contribution < -0.4 is 0 Å². The average Bonchev–Trinajstić information content (AvgIpc) is 3.86. The number of aromatic nitrogens is 4. The number of rotatable bonds is 5. The topological polar surface area (TPSA) is 35.6 Å². The van der Waals surface area contributed by atoms with Gasteiger partial charge in [-0.2, -0.15) is 0 Å². The first kappa shape index (κ1) is 34.5. The third kappa shape index (κ3) is 5.27. The van der Waals surface area contributed by atoms with Crippen LogP contribution in [0.1, 0.15) is 0 Å². The van der Waals surface area contributed by atoms with Crippen molar-refractivity contribution >= 4 is 76.1 Å². The molecule has 4 nitrogen and oxygen atoms in total. The van der Waals surface area contributed by atoms with Gasteiger partial charge in [-0.05, 0) is 92.3 Å². The van der Waals surface area contributed by atoms with E-state index in [1.54, 1.807) is 0 Å². The molecule has 0 bridgehead atoms. The van der Waals surface area contributed by atoms with Crippen molar-refractivity contribution in [3.8, 4) is 45.1 Å². The Labute approximate surface area is 357 Å². The molecule has 0 amide bonds. The highest BCUT2D eigenvalue weighted by Crippen LogP contribution is 2.43. The Morgan fingerprint density at radius 2 is 0.903 bits per heavy atom. The molecule has 62 heavy (non-hydrogen) atoms. The Bertz CT molecular complexity index is 3910. The maximum absolute atomic E-state index is 5.50. The second kappa shape index (κ2) is 13.6. The standard InChI is InChI=1S/C58H36N4/c1-2-16-43(17-3-1)61-52-24-12-9-19-45(52)46-33-32-42(35-54(46)61)50-36-55-56(47-20-7-6-18-44(47)50)49-22-10-13-25-53(49)62(55)58-59-51-23-11-8-21-48(51)57(60-58)39-29-26-38(27-30-39)41-31-28-37-14-4-5-15-40(37)34-41/h1-36H. The van der Waals surface area contributed by atoms with E-state index in [0.717, 1.165) is 50.0 Å². The van der Waals surface area contributed by atoms with Gasteiger partial charge in [-0.1, -0.05) is 170 Å². The van der Waals surface area contributed by atoms with E-state index in [-0.39, 0.29) is 0 Å². The fourth-order valence-electron chi connectivity index (χ4n) is 9.85. The molecule has 0 N–H and O–H groups in total. The molecular weight excluding hydrogens is 753 g/mol. The molecule has 288 valence electrons. The van der Waals surface area contributed by atoms with E-state index in [4.69, 9.17) is 9.97 Å². The van der Waals surface area contributed by atoms with Crippen molar-refractivity contribution in [3.63, 3.8) is 0 Å². The molecule has 0 aliphatic carbocycles. The highest BCUT2D eigenvalue weighted by atomic mass is 15.2. The molecule has 4 heteroatoms. The van der Waals surface area contributed by atoms with Crippen molar-refractivity contribution in [2.24, 2.45) is 0 Å². The van der Waals surface area contributed by atoms with Crippen LogP contribution in [0.3, 0.4) is 0 Å². The molecule has 10 aromatic carbocycles. The third-order valence-corrected chi connectivity index (χ3v) is 12.7. The van der Waals surface area contributed by atoms with Crippen LogP contribution in [0.5, 0.6) is 0 Å². The Morgan fingerprint density at radius 3 is 1.73 bits per heavy atom. The summed E-state index contributed by atoms with van der Waals surface area (Å²) < 4.78 is 4.67. The Balaban J connectivity index is 1.04. The SMILES string of the molecule is c1ccc(-n2c3ccccc3c3ccc(-c4cc5c(c6ccccc46)c4ccccc4n5-c4nc(-c5ccc(-c6ccc7ccccc7c6)cc5)c5ccccc5n4)cc32)cc1. The lowest BCUT2D eigenvalue weighted by atomic mass is 9.94. The van der Waals surface area contributed by atoms with Gasteiger partial charge in [0.15, 0.2) is 0 Å². The predicted octanol–water partition coefficient (Wildman–Crippen LogP) is 15.1. The van der Waals surface area contributed by atoms with E-state index in [0.29, 0.717) is 5.95 Å². The van der Waals surface area contributed by atoms with Gasteiger partial charge in [-0.3, -0.25) is 4.57 Å². The monoisotopic (exact) mass is 788 g/mol. The van der Waals surface area contributed by atoms with Crippen LogP contribution in [0.15, 0.2) is 218 Å². The van der Waals surface area contributed by atoms with Crippen LogP contribution in [-0.2, 0) is 0 Å². The summed E-state index contributed by atoms with van der Waals surface area (Å²) in [5, 5.41) is 10.7. The van der Waals surface area contributed by atoms with Crippen LogP contribution in [0.25, 0.3) is 121 Å². The summed E-state index contributed by atoms with van der Waals surface area (Å²) in [6, 6.07) is 78.6. The predicted molar refractivity (Wildman–Crippen MR) is 260 cm³/mol. The normalized spacial score (nSPS) is 11.9. The average molecular weight is 789 g/mol. The molecule has 13 rings (SSSR count). The molecule has 0 aliphatic heterocycles. The molecule has 0 spiro atoms. The quantitative estimate of drug-likeness (QED) is 0.174. The van der Waals surface area contributed by atoms with E-state index < -0.39 is 0 Å². The first-order chi connectivity index (χ1) is 30.7. The molecule has 0 saturated heterocycles. The van der Waals surface area contributed by atoms with Crippen molar-refractivity contribution in [1.82, 2.24) is 19.1 Å². The highest BCUT2D eigenvalue weighted by molar-refractivity contribution is 6.24. The minimum absolute atomic E-state index is 0.643. The molecule has 3 aromatic heterocycles. The van der Waals surface area contributed by atoms with Gasteiger partial charge in [0.2, 0.25) is 5.95 Å². The van der Waals surface area contributed by atoms with Gasteiger partial charge >= 0.3 is 0 Å². The van der Waals surface area contributed by atoms with Crippen molar-refractivity contribution in [3.05, 3.63) is 218 Å². The number of nitrogens with zero attached hydrogens (tertiary/aromatic N) is 4. The Kier molecular flexibility index (Phi) is 7.57. The van der Waals surface area contributed by atoms with E-state index in [1.165, 1.54) is 65.3 Å². The van der Waals surface area contributed by atoms with Crippen molar-refractivity contribution in [2.75, 3.05) is 0 Å². The minimum atomic E-state index is 0.643. The first-order valence-corrected chi connectivity index (χ1v) is 21.2. The number of hydrogen-bond donors (Lipinski definition) is 0. The van der Waals surface area contributed by atoms with Crippen LogP contribution in [0.4, 0.5) is 0 Å². The maximum Gasteiger partial charge on any atom is 0.235 e. The summed E-state index contributed by atoms with van der Waals surface area (Å²) in [5.41, 5.74) is 13.2. The zero-order valence-electron chi connectivity index (χ0n) is 33.6. The molecule has 0 fully saturated rings. The minimum Gasteiger partial charge on any atom is -0.309 e. The Hall–Kier alpha value is -8.34. The molecule has 0 saturated carbocycles. The van der Waals surface area contributed by atoms with E-state index >= 15 is 0 Å². The third-order valence-electron chi connectivity index (χ3n) is 12.7. The number of hydrogen-bond acceptors (Lipinski definition) is 2. The zero-order valence-corrected chi connectivity index (χ0v) is 33.6. The highest BCUT2D eigenvalue weighted by Gasteiger charge is 2.22. The molecule has 0 atom stereocenters. The fraction of sp³-hybridized carbons (Fsp3) is 0. The number of fused-ring (bicyclic) bond motifs is 10. The lowest BCUT2D eigenvalue weighted by Gasteiger charge is -2.14. The summed E-state index contributed by atoms with van der Waals surface area (Å²) in [6.07, 6.45) is 0. The maximum atomic E-state index is 5.50. The van der Waals surface area contributed by atoms with Crippen molar-refractivity contribution in [2.45, 2.75) is 0 Å². The zero-order chi connectivity index (χ0) is 40.7. The fourth-order valence-corrected chi connectivity index (χ4v) is 9.85. The largest absolute Gasteiger partial charge is 0.309 e. The van der Waals surface area contributed by atoms with Gasteiger partial charge in [-0.15, -0.1) is 0 Å². The summed E-state index contributed by atoms with van der Waals surface area (Å²) in [5.74, 6) is 0.643.